The molecule has 4 rings (SSSR count). The molecule has 0 radical (unpaired) electrons. The summed E-state index contributed by atoms with van der Waals surface area (Å²) in [6, 6.07) is 13.1. The highest BCUT2D eigenvalue weighted by molar-refractivity contribution is 5.79. The molecule has 6 N–H and O–H groups in total. The third-order valence-electron chi connectivity index (χ3n) is 7.31. The monoisotopic (exact) mass is 621 g/mol. The van der Waals surface area contributed by atoms with Gasteiger partial charge in [-0.1, -0.05) is 25.1 Å². The van der Waals surface area contributed by atoms with Crippen LogP contribution < -0.4 is 21.7 Å². The number of allylic oxidation sites excluding steroid dienone is 2. The minimum absolute atomic E-state index is 0.157. The molecule has 3 aromatic rings. The van der Waals surface area contributed by atoms with E-state index in [1.807, 2.05) is 6.08 Å². The van der Waals surface area contributed by atoms with E-state index in [1.165, 1.54) is 29.3 Å². The van der Waals surface area contributed by atoms with Gasteiger partial charge in [0.15, 0.2) is 0 Å². The number of imidazole rings is 1. The highest BCUT2D eigenvalue weighted by atomic mass is 16.5. The van der Waals surface area contributed by atoms with Crippen LogP contribution in [0.4, 0.5) is 11.6 Å². The molecular weight excluding hydrogens is 566 g/mol. The Morgan fingerprint density at radius 1 is 1.16 bits per heavy atom. The predicted octanol–water partition coefficient (Wildman–Crippen LogP) is 5.54. The quantitative estimate of drug-likeness (QED) is 0.111. The average molecular weight is 622 g/mol. The smallest absolute Gasteiger partial charge is 0.217 e. The summed E-state index contributed by atoms with van der Waals surface area (Å²) in [4.78, 5) is 20.9. The lowest BCUT2D eigenvalue weighted by atomic mass is 10.1. The predicted molar refractivity (Wildman–Crippen MR) is 188 cm³/mol. The molecule has 0 atom stereocenters. The molecule has 0 unspecified atom stereocenters. The summed E-state index contributed by atoms with van der Waals surface area (Å²) < 4.78 is 7.57. The molecule has 10 heteroatoms. The number of aromatic nitrogens is 2. The topological polar surface area (TPSA) is 135 Å². The summed E-state index contributed by atoms with van der Waals surface area (Å²) >= 11 is 0. The Morgan fingerprint density at radius 2 is 1.80 bits per heavy atom. The van der Waals surface area contributed by atoms with Crippen LogP contribution in [0.3, 0.4) is 0 Å². The summed E-state index contributed by atoms with van der Waals surface area (Å²) in [6.45, 7) is 18.5. The molecule has 248 valence electrons. The van der Waals surface area contributed by atoms with Crippen molar-refractivity contribution < 1.29 is 14.6 Å². The Labute approximate surface area is 269 Å². The zero-order valence-corrected chi connectivity index (χ0v) is 28.0. The van der Waals surface area contributed by atoms with E-state index in [9.17, 15) is 4.79 Å². The van der Waals surface area contributed by atoms with Gasteiger partial charge in [0.05, 0.1) is 24.2 Å². The van der Waals surface area contributed by atoms with E-state index in [0.29, 0.717) is 6.42 Å². The second kappa shape index (κ2) is 20.1. The first kappa shape index (κ1) is 37.2. The Bertz CT molecular complexity index is 1340. The highest BCUT2D eigenvalue weighted by Crippen LogP contribution is 2.24. The summed E-state index contributed by atoms with van der Waals surface area (Å²) in [7, 11) is 2.07. The molecular formula is C35H55N7O3. The summed E-state index contributed by atoms with van der Waals surface area (Å²) in [6.07, 6.45) is 6.29. The van der Waals surface area contributed by atoms with Gasteiger partial charge in [0.2, 0.25) is 11.9 Å². The number of aryl methyl sites for hydroxylation is 3. The molecule has 2 aromatic carbocycles. The van der Waals surface area contributed by atoms with Crippen LogP contribution in [0.5, 0.6) is 0 Å². The van der Waals surface area contributed by atoms with Gasteiger partial charge in [0.1, 0.15) is 5.76 Å². The molecule has 1 saturated heterocycles. The SMILES string of the molecule is C/C(O)=C\N.C=CCC.Cc1cc(C)cc(N(CCCC(N)=O)Cc2ccc3nc(NCCCN4CCOCC4)n(C)c3c2)c1. The molecule has 10 nitrogen and oxygen atoms in total. The van der Waals surface area contributed by atoms with Crippen molar-refractivity contribution in [3.8, 4) is 0 Å². The van der Waals surface area contributed by atoms with E-state index in [1.54, 1.807) is 0 Å². The van der Waals surface area contributed by atoms with Crippen molar-refractivity contribution in [2.75, 3.05) is 56.2 Å². The van der Waals surface area contributed by atoms with Gasteiger partial charge in [-0.3, -0.25) is 9.69 Å². The number of nitrogens with zero attached hydrogens (tertiary/aromatic N) is 4. The van der Waals surface area contributed by atoms with Crippen LogP contribution in [0.25, 0.3) is 11.0 Å². The fraction of sp³-hybridized carbons (Fsp3) is 0.486. The molecule has 1 aliphatic heterocycles. The van der Waals surface area contributed by atoms with Gasteiger partial charge in [-0.2, -0.15) is 0 Å². The Hall–Kier alpha value is -4.02. The molecule has 1 fully saturated rings. The fourth-order valence-corrected chi connectivity index (χ4v) is 4.92. The molecule has 0 saturated carbocycles. The minimum Gasteiger partial charge on any atom is -0.511 e. The number of ether oxygens (including phenoxy) is 1. The number of aliphatic hydroxyl groups is 1. The average Bonchev–Trinajstić information content (AvgIpc) is 3.33. The third kappa shape index (κ3) is 13.7. The molecule has 1 aromatic heterocycles. The van der Waals surface area contributed by atoms with E-state index < -0.39 is 0 Å². The van der Waals surface area contributed by atoms with Crippen molar-refractivity contribution in [3.05, 3.63) is 77.7 Å². The molecule has 45 heavy (non-hydrogen) atoms. The van der Waals surface area contributed by atoms with Crippen molar-refractivity contribution >= 4 is 28.6 Å². The van der Waals surface area contributed by atoms with Crippen molar-refractivity contribution in [2.45, 2.75) is 59.9 Å². The second-order valence-electron chi connectivity index (χ2n) is 11.4. The molecule has 0 aliphatic carbocycles. The van der Waals surface area contributed by atoms with Gasteiger partial charge >= 0.3 is 0 Å². The van der Waals surface area contributed by atoms with Crippen LogP contribution in [-0.2, 0) is 23.1 Å². The largest absolute Gasteiger partial charge is 0.511 e. The lowest BCUT2D eigenvalue weighted by Crippen LogP contribution is -2.37. The standard InChI is InChI=1S/C28H40N6O2.C4H8.C3H7NO/c1-21-16-22(2)18-24(17-21)34(11-4-6-27(29)35)20-23-7-8-25-26(19-23)32(3)28(31-25)30-9-5-10-33-12-14-36-15-13-33;1-3-4-2;1-3(5)2-4/h7-8,16-19H,4-6,9-15,20H2,1-3H3,(H2,29,35)(H,30,31);3H,1,4H2,2H3;2,5H,4H2,1H3/b;;3-2+. The number of fused-ring (bicyclic) bond motifs is 1. The van der Waals surface area contributed by atoms with Crippen LogP contribution in [0.15, 0.2) is 61.0 Å². The van der Waals surface area contributed by atoms with Gasteiger partial charge in [0, 0.05) is 58.1 Å². The molecule has 2 heterocycles. The molecule has 1 amide bonds. The van der Waals surface area contributed by atoms with Crippen LogP contribution in [0.2, 0.25) is 0 Å². The number of carbonyl (C=O) groups is 1. The third-order valence-corrected chi connectivity index (χ3v) is 7.31. The van der Waals surface area contributed by atoms with Crippen LogP contribution >= 0.6 is 0 Å². The van der Waals surface area contributed by atoms with E-state index in [-0.39, 0.29) is 11.7 Å². The maximum absolute atomic E-state index is 11.3. The number of morpholine rings is 1. The number of amides is 1. The number of hydrogen-bond donors (Lipinski definition) is 4. The second-order valence-corrected chi connectivity index (χ2v) is 11.4. The number of aliphatic hydroxyl groups excluding tert-OH is 1. The number of rotatable bonds is 13. The molecule has 1 aliphatic rings. The number of hydrogen-bond acceptors (Lipinski definition) is 8. The summed E-state index contributed by atoms with van der Waals surface area (Å²) in [5.41, 5.74) is 17.1. The van der Waals surface area contributed by atoms with E-state index >= 15 is 0 Å². The van der Waals surface area contributed by atoms with Crippen molar-refractivity contribution in [1.29, 1.82) is 0 Å². The van der Waals surface area contributed by atoms with Gasteiger partial charge < -0.3 is 36.1 Å². The zero-order chi connectivity index (χ0) is 33.2. The number of nitrogens with two attached hydrogens (primary N) is 2. The number of benzene rings is 2. The Kier molecular flexibility index (Phi) is 16.6. The lowest BCUT2D eigenvalue weighted by Gasteiger charge is -2.26. The Balaban J connectivity index is 0.000000691. The van der Waals surface area contributed by atoms with Crippen LogP contribution in [0.1, 0.15) is 56.2 Å². The number of primary amides is 1. The number of nitrogens with one attached hydrogen (secondary N) is 1. The van der Waals surface area contributed by atoms with E-state index in [4.69, 9.17) is 26.3 Å². The Morgan fingerprint density at radius 3 is 2.38 bits per heavy atom. The maximum atomic E-state index is 11.3. The maximum Gasteiger partial charge on any atom is 0.217 e. The van der Waals surface area contributed by atoms with Crippen molar-refractivity contribution in [3.63, 3.8) is 0 Å². The summed E-state index contributed by atoms with van der Waals surface area (Å²) in [5, 5.41) is 11.6. The summed E-state index contributed by atoms with van der Waals surface area (Å²) in [5.74, 6) is 0.804. The van der Waals surface area contributed by atoms with Gasteiger partial charge in [0.25, 0.3) is 0 Å². The molecule has 0 spiro atoms. The van der Waals surface area contributed by atoms with Gasteiger partial charge in [-0.25, -0.2) is 4.98 Å². The molecule has 0 bridgehead atoms. The minimum atomic E-state index is -0.253. The first-order valence-corrected chi connectivity index (χ1v) is 15.9. The first-order valence-electron chi connectivity index (χ1n) is 15.9. The zero-order valence-electron chi connectivity index (χ0n) is 28.0. The van der Waals surface area contributed by atoms with E-state index in [0.717, 1.165) is 94.9 Å². The lowest BCUT2D eigenvalue weighted by molar-refractivity contribution is -0.118. The van der Waals surface area contributed by atoms with Crippen molar-refractivity contribution in [1.82, 2.24) is 14.5 Å². The normalized spacial score (nSPS) is 13.3. The van der Waals surface area contributed by atoms with Crippen molar-refractivity contribution in [2.24, 2.45) is 18.5 Å². The first-order chi connectivity index (χ1) is 21.6. The van der Waals surface area contributed by atoms with Crippen LogP contribution in [-0.4, -0.2) is 71.4 Å². The van der Waals surface area contributed by atoms with Gasteiger partial charge in [-0.15, -0.1) is 6.58 Å². The number of anilines is 2. The number of carbonyl (C=O) groups excluding carboxylic acids is 1. The fourth-order valence-electron chi connectivity index (χ4n) is 4.92. The van der Waals surface area contributed by atoms with E-state index in [2.05, 4.69) is 90.5 Å². The van der Waals surface area contributed by atoms with Gasteiger partial charge in [-0.05, 0) is 87.5 Å². The van der Waals surface area contributed by atoms with Crippen LogP contribution in [0, 0.1) is 13.8 Å². The highest BCUT2D eigenvalue weighted by Gasteiger charge is 2.14.